The second-order valence-electron chi connectivity index (χ2n) is 14.4. The van der Waals surface area contributed by atoms with Gasteiger partial charge in [0.15, 0.2) is 12.2 Å². The van der Waals surface area contributed by atoms with Crippen LogP contribution in [-0.2, 0) is 41.8 Å². The van der Waals surface area contributed by atoms with E-state index >= 15 is 0 Å². The fourth-order valence-electron chi connectivity index (χ4n) is 7.87. The molecule has 0 amide bonds. The molecular formula is C42H62O6. The maximum Gasteiger partial charge on any atom is 0.338 e. The first kappa shape index (κ1) is 38.1. The molecule has 6 nitrogen and oxygen atoms in total. The van der Waals surface area contributed by atoms with E-state index in [0.29, 0.717) is 11.8 Å². The van der Waals surface area contributed by atoms with Gasteiger partial charge in [0.05, 0.1) is 0 Å². The maximum atomic E-state index is 13.0. The van der Waals surface area contributed by atoms with Gasteiger partial charge in [0, 0.05) is 14.2 Å². The lowest BCUT2D eigenvalue weighted by molar-refractivity contribution is -0.179. The van der Waals surface area contributed by atoms with Crippen molar-refractivity contribution in [3.05, 3.63) is 70.8 Å². The summed E-state index contributed by atoms with van der Waals surface area (Å²) >= 11 is 0. The molecule has 2 aliphatic rings. The van der Waals surface area contributed by atoms with Crippen LogP contribution in [-0.4, -0.2) is 38.4 Å². The predicted molar refractivity (Wildman–Crippen MR) is 192 cm³/mol. The molecule has 2 saturated carbocycles. The van der Waals surface area contributed by atoms with Crippen LogP contribution in [0.3, 0.4) is 0 Å². The standard InChI is InChI=1S/C42H62O6/c1-5-7-9-11-31-13-21-35(22-14-31)37-25-17-33(18-26-37)29-47-41(43)39(45-3)40(46-4)42(44)48-30-34-19-27-38(28-20-34)36-23-15-32(16-24-36)12-10-8-6-2/h17-20,25-28,31-32,35-36,39-40H,5-16,21-24,29-30H2,1-4H3/t31?,32?,35?,36?,39-,40?/m1/s1. The number of carbonyl (C=O) groups excluding carboxylic acids is 2. The fourth-order valence-corrected chi connectivity index (χ4v) is 7.87. The van der Waals surface area contributed by atoms with Crippen LogP contribution in [0.5, 0.6) is 0 Å². The first-order chi connectivity index (χ1) is 23.4. The third-order valence-electron chi connectivity index (χ3n) is 11.0. The van der Waals surface area contributed by atoms with Crippen LogP contribution < -0.4 is 0 Å². The number of ether oxygens (including phenoxy) is 4. The van der Waals surface area contributed by atoms with Crippen molar-refractivity contribution in [2.24, 2.45) is 11.8 Å². The Balaban J connectivity index is 1.19. The van der Waals surface area contributed by atoms with Crippen molar-refractivity contribution in [3.63, 3.8) is 0 Å². The minimum Gasteiger partial charge on any atom is -0.459 e. The van der Waals surface area contributed by atoms with Crippen molar-refractivity contribution >= 4 is 11.9 Å². The van der Waals surface area contributed by atoms with Crippen LogP contribution in [0.1, 0.15) is 151 Å². The Hall–Kier alpha value is -2.70. The van der Waals surface area contributed by atoms with Gasteiger partial charge in [-0.3, -0.25) is 0 Å². The van der Waals surface area contributed by atoms with E-state index in [9.17, 15) is 9.59 Å². The van der Waals surface area contributed by atoms with Crippen molar-refractivity contribution in [1.82, 2.24) is 0 Å². The Morgan fingerprint density at radius 3 is 1.23 bits per heavy atom. The Bertz CT molecular complexity index is 1100. The average Bonchev–Trinajstić information content (AvgIpc) is 3.13. The summed E-state index contributed by atoms with van der Waals surface area (Å²) in [6.45, 7) is 4.74. The van der Waals surface area contributed by atoms with Gasteiger partial charge in [-0.15, -0.1) is 0 Å². The number of esters is 2. The van der Waals surface area contributed by atoms with Crippen molar-refractivity contribution < 1.29 is 28.5 Å². The third-order valence-corrected chi connectivity index (χ3v) is 11.0. The monoisotopic (exact) mass is 662 g/mol. The number of hydrogen-bond acceptors (Lipinski definition) is 6. The highest BCUT2D eigenvalue weighted by atomic mass is 16.6. The molecule has 2 fully saturated rings. The van der Waals surface area contributed by atoms with Gasteiger partial charge in [-0.1, -0.05) is 114 Å². The summed E-state index contributed by atoms with van der Waals surface area (Å²) in [5.41, 5.74) is 4.53. The van der Waals surface area contributed by atoms with E-state index in [1.54, 1.807) is 0 Å². The van der Waals surface area contributed by atoms with E-state index in [1.807, 2.05) is 24.3 Å². The SMILES string of the molecule is CCCCCC1CCC(c2ccc(COC(=O)C(OC)[C@@H](OC)C(=O)OCc3ccc(C4CCC(CCCCC)CC4)cc3)cc2)CC1. The zero-order valence-corrected chi connectivity index (χ0v) is 30.3. The Morgan fingerprint density at radius 1 is 0.562 bits per heavy atom. The number of benzene rings is 2. The number of methoxy groups -OCH3 is 2. The van der Waals surface area contributed by atoms with Gasteiger partial charge in [-0.05, 0) is 97.3 Å². The molecule has 0 saturated heterocycles. The minimum absolute atomic E-state index is 0.0987. The predicted octanol–water partition coefficient (Wildman–Crippen LogP) is 10.2. The molecule has 0 spiro atoms. The summed E-state index contributed by atoms with van der Waals surface area (Å²) in [5, 5.41) is 0. The Labute approximate surface area is 290 Å². The highest BCUT2D eigenvalue weighted by Gasteiger charge is 2.37. The van der Waals surface area contributed by atoms with E-state index in [-0.39, 0.29) is 13.2 Å². The van der Waals surface area contributed by atoms with Gasteiger partial charge in [-0.25, -0.2) is 9.59 Å². The van der Waals surface area contributed by atoms with Gasteiger partial charge >= 0.3 is 11.9 Å². The summed E-state index contributed by atoms with van der Waals surface area (Å²) in [5.74, 6) is 1.68. The first-order valence-electron chi connectivity index (χ1n) is 19.0. The van der Waals surface area contributed by atoms with E-state index in [2.05, 4.69) is 38.1 Å². The number of rotatable bonds is 19. The molecule has 2 aromatic carbocycles. The van der Waals surface area contributed by atoms with Crippen LogP contribution in [0.25, 0.3) is 0 Å². The van der Waals surface area contributed by atoms with Crippen LogP contribution in [0.15, 0.2) is 48.5 Å². The molecule has 0 aromatic heterocycles. The van der Waals surface area contributed by atoms with Gasteiger partial charge in [-0.2, -0.15) is 0 Å². The molecule has 0 aliphatic heterocycles. The molecule has 6 heteroatoms. The minimum atomic E-state index is -1.23. The zero-order chi connectivity index (χ0) is 34.1. The highest BCUT2D eigenvalue weighted by molar-refractivity contribution is 5.85. The molecule has 4 rings (SSSR count). The first-order valence-corrected chi connectivity index (χ1v) is 19.0. The largest absolute Gasteiger partial charge is 0.459 e. The smallest absolute Gasteiger partial charge is 0.338 e. The number of carbonyl (C=O) groups is 2. The molecule has 266 valence electrons. The van der Waals surface area contributed by atoms with Crippen LogP contribution >= 0.6 is 0 Å². The van der Waals surface area contributed by atoms with Crippen LogP contribution in [0, 0.1) is 11.8 Å². The van der Waals surface area contributed by atoms with Crippen molar-refractivity contribution in [2.45, 2.75) is 154 Å². The quantitative estimate of drug-likeness (QED) is 0.110. The molecular weight excluding hydrogens is 600 g/mol. The topological polar surface area (TPSA) is 71.1 Å². The van der Waals surface area contributed by atoms with Crippen molar-refractivity contribution in [3.8, 4) is 0 Å². The van der Waals surface area contributed by atoms with E-state index in [1.165, 1.54) is 128 Å². The van der Waals surface area contributed by atoms with E-state index < -0.39 is 24.1 Å². The second-order valence-corrected chi connectivity index (χ2v) is 14.4. The van der Waals surface area contributed by atoms with Gasteiger partial charge in [0.1, 0.15) is 13.2 Å². The summed E-state index contributed by atoms with van der Waals surface area (Å²) in [7, 11) is 2.74. The van der Waals surface area contributed by atoms with Crippen molar-refractivity contribution in [2.75, 3.05) is 14.2 Å². The molecule has 0 radical (unpaired) electrons. The van der Waals surface area contributed by atoms with Gasteiger partial charge in [0.25, 0.3) is 0 Å². The second kappa shape index (κ2) is 20.7. The van der Waals surface area contributed by atoms with Crippen LogP contribution in [0.4, 0.5) is 0 Å². The van der Waals surface area contributed by atoms with E-state index in [0.717, 1.165) is 23.0 Å². The average molecular weight is 663 g/mol. The molecule has 2 aliphatic carbocycles. The molecule has 1 unspecified atom stereocenters. The lowest BCUT2D eigenvalue weighted by Crippen LogP contribution is -2.44. The highest BCUT2D eigenvalue weighted by Crippen LogP contribution is 2.39. The lowest BCUT2D eigenvalue weighted by atomic mass is 9.77. The zero-order valence-electron chi connectivity index (χ0n) is 30.3. The number of hydrogen-bond donors (Lipinski definition) is 0. The summed E-state index contributed by atoms with van der Waals surface area (Å²) in [6.07, 6.45) is 18.6. The number of unbranched alkanes of at least 4 members (excludes halogenated alkanes) is 4. The Morgan fingerprint density at radius 2 is 0.917 bits per heavy atom. The summed E-state index contributed by atoms with van der Waals surface area (Å²) < 4.78 is 21.9. The van der Waals surface area contributed by atoms with Crippen LogP contribution in [0.2, 0.25) is 0 Å². The maximum absolute atomic E-state index is 13.0. The van der Waals surface area contributed by atoms with Crippen molar-refractivity contribution in [1.29, 1.82) is 0 Å². The summed E-state index contributed by atoms with van der Waals surface area (Å²) in [4.78, 5) is 26.0. The molecule has 0 N–H and O–H groups in total. The molecule has 48 heavy (non-hydrogen) atoms. The molecule has 2 atom stereocenters. The van der Waals surface area contributed by atoms with Gasteiger partial charge < -0.3 is 18.9 Å². The summed E-state index contributed by atoms with van der Waals surface area (Å²) in [6, 6.07) is 16.8. The fraction of sp³-hybridized carbons (Fsp3) is 0.667. The normalized spacial score (nSPS) is 22.5. The third kappa shape index (κ3) is 11.7. The van der Waals surface area contributed by atoms with E-state index in [4.69, 9.17) is 18.9 Å². The molecule has 0 heterocycles. The lowest BCUT2D eigenvalue weighted by Gasteiger charge is -2.29. The Kier molecular flexibility index (Phi) is 16.5. The molecule has 2 aromatic rings. The molecule has 0 bridgehead atoms. The van der Waals surface area contributed by atoms with Gasteiger partial charge in [0.2, 0.25) is 0 Å².